The van der Waals surface area contributed by atoms with E-state index in [1.165, 1.54) is 64.5 Å². The number of hydrogen-bond acceptors (Lipinski definition) is 2. The fourth-order valence-corrected chi connectivity index (χ4v) is 2.76. The van der Waals surface area contributed by atoms with Crippen LogP contribution in [0.25, 0.3) is 0 Å². The van der Waals surface area contributed by atoms with Gasteiger partial charge in [0.2, 0.25) is 0 Å². The van der Waals surface area contributed by atoms with Crippen LogP contribution in [-0.4, -0.2) is 25.7 Å². The Hall–Kier alpha value is -0.340. The molecule has 0 amide bonds. The van der Waals surface area contributed by atoms with Crippen molar-refractivity contribution >= 4 is 0 Å². The Morgan fingerprint density at radius 2 is 2.25 bits per heavy atom. The third-order valence-corrected chi connectivity index (χ3v) is 3.81. The van der Waals surface area contributed by atoms with Crippen molar-refractivity contribution in [1.82, 2.24) is 10.6 Å². The number of allylic oxidation sites excluding steroid dienone is 1. The van der Waals surface area contributed by atoms with Crippen LogP contribution in [0, 0.1) is 0 Å². The molecule has 16 heavy (non-hydrogen) atoms. The van der Waals surface area contributed by atoms with Crippen LogP contribution in [0.15, 0.2) is 11.6 Å². The molecule has 2 heteroatoms. The first-order valence-electron chi connectivity index (χ1n) is 7.07. The average molecular weight is 222 g/mol. The molecule has 1 aliphatic carbocycles. The zero-order valence-corrected chi connectivity index (χ0v) is 10.4. The largest absolute Gasteiger partial charge is 0.315 e. The van der Waals surface area contributed by atoms with Crippen molar-refractivity contribution < 1.29 is 0 Å². The van der Waals surface area contributed by atoms with Gasteiger partial charge in [-0.1, -0.05) is 18.1 Å². The number of hydrogen-bond donors (Lipinski definition) is 2. The lowest BCUT2D eigenvalue weighted by Gasteiger charge is -2.24. The zero-order chi connectivity index (χ0) is 11.1. The molecule has 92 valence electrons. The average Bonchev–Trinajstić information content (AvgIpc) is 2.37. The molecular formula is C14H26N2. The van der Waals surface area contributed by atoms with E-state index in [1.54, 1.807) is 5.57 Å². The van der Waals surface area contributed by atoms with Crippen LogP contribution >= 0.6 is 0 Å². The highest BCUT2D eigenvalue weighted by Crippen LogP contribution is 2.19. The summed E-state index contributed by atoms with van der Waals surface area (Å²) in [6.45, 7) is 3.55. The fraction of sp³-hybridized carbons (Fsp3) is 0.857. The first-order valence-corrected chi connectivity index (χ1v) is 7.07. The summed E-state index contributed by atoms with van der Waals surface area (Å²) in [6, 6.07) is 0.731. The quantitative estimate of drug-likeness (QED) is 0.552. The molecule has 0 aromatic rings. The second kappa shape index (κ2) is 7.08. The first kappa shape index (κ1) is 12.1. The van der Waals surface area contributed by atoms with E-state index in [9.17, 15) is 0 Å². The maximum Gasteiger partial charge on any atom is 0.0192 e. The predicted molar refractivity (Wildman–Crippen MR) is 69.7 cm³/mol. The van der Waals surface area contributed by atoms with Crippen molar-refractivity contribution in [2.45, 2.75) is 57.4 Å². The van der Waals surface area contributed by atoms with Crippen LogP contribution in [0.1, 0.15) is 51.4 Å². The Kier molecular flexibility index (Phi) is 5.36. The highest BCUT2D eigenvalue weighted by molar-refractivity contribution is 5.05. The molecule has 0 spiro atoms. The van der Waals surface area contributed by atoms with Crippen molar-refractivity contribution in [1.29, 1.82) is 0 Å². The third kappa shape index (κ3) is 4.26. The summed E-state index contributed by atoms with van der Waals surface area (Å²) >= 11 is 0. The van der Waals surface area contributed by atoms with Crippen LogP contribution in [0.5, 0.6) is 0 Å². The smallest absolute Gasteiger partial charge is 0.0192 e. The van der Waals surface area contributed by atoms with Crippen molar-refractivity contribution in [2.24, 2.45) is 0 Å². The molecule has 1 fully saturated rings. The molecule has 1 aliphatic heterocycles. The highest BCUT2D eigenvalue weighted by atomic mass is 15.0. The van der Waals surface area contributed by atoms with E-state index in [4.69, 9.17) is 0 Å². The molecular weight excluding hydrogens is 196 g/mol. The fourth-order valence-electron chi connectivity index (χ4n) is 2.76. The predicted octanol–water partition coefficient (Wildman–Crippen LogP) is 2.61. The summed E-state index contributed by atoms with van der Waals surface area (Å²) < 4.78 is 0. The monoisotopic (exact) mass is 222 g/mol. The van der Waals surface area contributed by atoms with Crippen molar-refractivity contribution in [2.75, 3.05) is 19.6 Å². The maximum atomic E-state index is 3.60. The first-order chi connectivity index (χ1) is 7.95. The van der Waals surface area contributed by atoms with Gasteiger partial charge in [-0.25, -0.2) is 0 Å². The van der Waals surface area contributed by atoms with Gasteiger partial charge in [-0.05, 0) is 58.0 Å². The Balaban J connectivity index is 1.52. The molecule has 1 saturated heterocycles. The summed E-state index contributed by atoms with van der Waals surface area (Å²) in [5.41, 5.74) is 1.69. The molecule has 0 radical (unpaired) electrons. The van der Waals surface area contributed by atoms with E-state index >= 15 is 0 Å². The summed E-state index contributed by atoms with van der Waals surface area (Å²) in [6.07, 6.45) is 13.3. The lowest BCUT2D eigenvalue weighted by atomic mass is 9.97. The van der Waals surface area contributed by atoms with E-state index in [2.05, 4.69) is 16.7 Å². The summed E-state index contributed by atoms with van der Waals surface area (Å²) in [5.74, 6) is 0. The number of piperidine rings is 1. The van der Waals surface area contributed by atoms with E-state index in [-0.39, 0.29) is 0 Å². The summed E-state index contributed by atoms with van der Waals surface area (Å²) in [4.78, 5) is 0. The molecule has 2 aliphatic rings. The Morgan fingerprint density at radius 1 is 1.25 bits per heavy atom. The Labute approximate surface area is 99.9 Å². The van der Waals surface area contributed by atoms with E-state index < -0.39 is 0 Å². The van der Waals surface area contributed by atoms with Gasteiger partial charge in [0.1, 0.15) is 0 Å². The van der Waals surface area contributed by atoms with E-state index in [1.807, 2.05) is 0 Å². The van der Waals surface area contributed by atoms with Crippen molar-refractivity contribution in [3.63, 3.8) is 0 Å². The second-order valence-corrected chi connectivity index (χ2v) is 5.21. The van der Waals surface area contributed by atoms with Crippen LogP contribution in [0.2, 0.25) is 0 Å². The maximum absolute atomic E-state index is 3.60. The minimum Gasteiger partial charge on any atom is -0.315 e. The molecule has 0 bridgehead atoms. The summed E-state index contributed by atoms with van der Waals surface area (Å²) in [5, 5.41) is 7.18. The Bertz CT molecular complexity index is 217. The van der Waals surface area contributed by atoms with Gasteiger partial charge < -0.3 is 10.6 Å². The lowest BCUT2D eigenvalue weighted by Crippen LogP contribution is -2.41. The molecule has 2 rings (SSSR count). The third-order valence-electron chi connectivity index (χ3n) is 3.81. The zero-order valence-electron chi connectivity index (χ0n) is 10.4. The van der Waals surface area contributed by atoms with E-state index in [0.29, 0.717) is 0 Å². The van der Waals surface area contributed by atoms with E-state index in [0.717, 1.165) is 12.6 Å². The van der Waals surface area contributed by atoms with Crippen LogP contribution in [0.4, 0.5) is 0 Å². The highest BCUT2D eigenvalue weighted by Gasteiger charge is 2.11. The molecule has 0 saturated carbocycles. The Morgan fingerprint density at radius 3 is 3.00 bits per heavy atom. The number of nitrogens with one attached hydrogen (secondary N) is 2. The van der Waals surface area contributed by atoms with Crippen molar-refractivity contribution in [3.05, 3.63) is 11.6 Å². The van der Waals surface area contributed by atoms with Gasteiger partial charge in [-0.15, -0.1) is 0 Å². The van der Waals surface area contributed by atoms with Gasteiger partial charge >= 0.3 is 0 Å². The molecule has 2 N–H and O–H groups in total. The van der Waals surface area contributed by atoms with Gasteiger partial charge in [0.15, 0.2) is 0 Å². The van der Waals surface area contributed by atoms with Gasteiger partial charge in [0.05, 0.1) is 0 Å². The van der Waals surface area contributed by atoms with Crippen LogP contribution in [-0.2, 0) is 0 Å². The normalized spacial score (nSPS) is 26.5. The molecule has 1 atom stereocenters. The standard InChI is InChI=1S/C14H26N2/c1-2-6-13(7-3-1)9-11-15-12-14-8-4-5-10-16-14/h6,14-16H,1-5,7-12H2. The minimum absolute atomic E-state index is 0.731. The van der Waals surface area contributed by atoms with Gasteiger partial charge in [0.25, 0.3) is 0 Å². The number of rotatable bonds is 5. The molecule has 0 aromatic heterocycles. The minimum atomic E-state index is 0.731. The second-order valence-electron chi connectivity index (χ2n) is 5.21. The van der Waals surface area contributed by atoms with Gasteiger partial charge in [-0.3, -0.25) is 0 Å². The van der Waals surface area contributed by atoms with Crippen LogP contribution < -0.4 is 10.6 Å². The molecule has 1 unspecified atom stereocenters. The van der Waals surface area contributed by atoms with Gasteiger partial charge in [0, 0.05) is 12.6 Å². The molecule has 2 nitrogen and oxygen atoms in total. The van der Waals surface area contributed by atoms with Gasteiger partial charge in [-0.2, -0.15) is 0 Å². The van der Waals surface area contributed by atoms with Crippen LogP contribution in [0.3, 0.4) is 0 Å². The molecule has 1 heterocycles. The lowest BCUT2D eigenvalue weighted by molar-refractivity contribution is 0.384. The SMILES string of the molecule is C1=C(CCNCC2CCCCN2)CCCC1. The molecule has 0 aromatic carbocycles. The van der Waals surface area contributed by atoms with Crippen molar-refractivity contribution in [3.8, 4) is 0 Å². The topological polar surface area (TPSA) is 24.1 Å². The summed E-state index contributed by atoms with van der Waals surface area (Å²) in [7, 11) is 0.